The first-order valence-corrected chi connectivity index (χ1v) is 5.67. The summed E-state index contributed by atoms with van der Waals surface area (Å²) in [6.07, 6.45) is 1.60. The number of alkyl halides is 1. The summed E-state index contributed by atoms with van der Waals surface area (Å²) in [7, 11) is 1.38. The second kappa shape index (κ2) is 5.68. The molecule has 1 fully saturated rings. The molecule has 2 atom stereocenters. The molecule has 1 rings (SSSR count). The average Bonchev–Trinajstić information content (AvgIpc) is 2.16. The number of ether oxygens (including phenoxy) is 1. The number of piperidine rings is 1. The molecule has 0 bridgehead atoms. The van der Waals surface area contributed by atoms with Crippen molar-refractivity contribution in [2.45, 2.75) is 23.8 Å². The Morgan fingerprint density at radius 3 is 3.07 bits per heavy atom. The predicted molar refractivity (Wildman–Crippen MR) is 56.4 cm³/mol. The van der Waals surface area contributed by atoms with E-state index < -0.39 is 0 Å². The Hall–Kier alpha value is -0.130. The molecule has 1 heterocycles. The first-order valence-electron chi connectivity index (χ1n) is 4.76. The van der Waals surface area contributed by atoms with Crippen molar-refractivity contribution < 1.29 is 14.6 Å². The fourth-order valence-corrected chi connectivity index (χ4v) is 2.22. The lowest BCUT2D eigenvalue weighted by Gasteiger charge is -2.30. The van der Waals surface area contributed by atoms with Crippen molar-refractivity contribution in [3.05, 3.63) is 0 Å². The summed E-state index contributed by atoms with van der Waals surface area (Å²) in [6, 6.07) is 0. The fraction of sp³-hybridized carbons (Fsp3) is 0.889. The van der Waals surface area contributed by atoms with Crippen molar-refractivity contribution in [1.29, 1.82) is 0 Å². The Kier molecular flexibility index (Phi) is 4.84. The van der Waals surface area contributed by atoms with Gasteiger partial charge in [-0.3, -0.25) is 9.69 Å². The smallest absolute Gasteiger partial charge is 0.320 e. The van der Waals surface area contributed by atoms with Crippen LogP contribution >= 0.6 is 15.9 Å². The van der Waals surface area contributed by atoms with Crippen molar-refractivity contribution >= 4 is 21.9 Å². The molecule has 0 aromatic heterocycles. The number of methoxy groups -OCH3 is 1. The number of carbonyl (C=O) groups excluding carboxylic acids is 1. The van der Waals surface area contributed by atoms with E-state index in [1.807, 2.05) is 0 Å². The number of rotatable bonds is 3. The van der Waals surface area contributed by atoms with Gasteiger partial charge in [-0.2, -0.15) is 0 Å². The summed E-state index contributed by atoms with van der Waals surface area (Å²) >= 11 is 3.26. The summed E-state index contributed by atoms with van der Waals surface area (Å²) in [5.74, 6) is -0.259. The van der Waals surface area contributed by atoms with Gasteiger partial charge in [0.25, 0.3) is 0 Å². The van der Waals surface area contributed by atoms with Gasteiger partial charge in [0.1, 0.15) is 4.83 Å². The molecule has 1 saturated heterocycles. The van der Waals surface area contributed by atoms with Crippen molar-refractivity contribution in [2.75, 3.05) is 26.7 Å². The zero-order valence-electron chi connectivity index (χ0n) is 8.28. The van der Waals surface area contributed by atoms with Crippen LogP contribution in [-0.4, -0.2) is 53.7 Å². The number of halogens is 1. The van der Waals surface area contributed by atoms with Crippen molar-refractivity contribution in [1.82, 2.24) is 4.90 Å². The van der Waals surface area contributed by atoms with E-state index in [1.165, 1.54) is 7.11 Å². The van der Waals surface area contributed by atoms with Gasteiger partial charge >= 0.3 is 5.97 Å². The number of carbonyl (C=O) groups is 1. The Morgan fingerprint density at radius 1 is 1.79 bits per heavy atom. The molecular weight excluding hydrogens is 250 g/mol. The van der Waals surface area contributed by atoms with Gasteiger partial charge < -0.3 is 9.84 Å². The number of hydrogen-bond acceptors (Lipinski definition) is 4. The monoisotopic (exact) mass is 265 g/mol. The van der Waals surface area contributed by atoms with Crippen LogP contribution in [0.4, 0.5) is 0 Å². The third kappa shape index (κ3) is 3.55. The molecule has 2 unspecified atom stereocenters. The standard InChI is InChI=1S/C9H16BrNO3/c1-14-9(13)8(10)6-11-4-2-3-7(12)5-11/h7-8,12H,2-6H2,1H3. The summed E-state index contributed by atoms with van der Waals surface area (Å²) in [4.78, 5) is 12.9. The van der Waals surface area contributed by atoms with Gasteiger partial charge in [0.15, 0.2) is 0 Å². The molecule has 1 aliphatic heterocycles. The summed E-state index contributed by atoms with van der Waals surface area (Å²) < 4.78 is 4.61. The molecule has 0 aliphatic carbocycles. The van der Waals surface area contributed by atoms with Crippen LogP contribution in [0.1, 0.15) is 12.8 Å². The largest absolute Gasteiger partial charge is 0.468 e. The molecule has 1 aliphatic rings. The van der Waals surface area contributed by atoms with Gasteiger partial charge in [0, 0.05) is 13.1 Å². The van der Waals surface area contributed by atoms with Crippen molar-refractivity contribution in [3.8, 4) is 0 Å². The number of β-amino-alcohol motifs (C(OH)–C–C–N with tert-alkyl or cyclic N) is 1. The molecule has 0 amide bonds. The molecule has 0 spiro atoms. The molecule has 0 radical (unpaired) electrons. The van der Waals surface area contributed by atoms with Crippen LogP contribution in [-0.2, 0) is 9.53 Å². The zero-order chi connectivity index (χ0) is 10.6. The summed E-state index contributed by atoms with van der Waals surface area (Å²) in [5, 5.41) is 9.42. The Bertz CT molecular complexity index is 200. The fourth-order valence-electron chi connectivity index (χ4n) is 1.63. The van der Waals surface area contributed by atoms with Gasteiger partial charge in [-0.05, 0) is 19.4 Å². The number of esters is 1. The molecule has 14 heavy (non-hydrogen) atoms. The third-order valence-corrected chi connectivity index (χ3v) is 3.02. The highest BCUT2D eigenvalue weighted by Crippen LogP contribution is 2.12. The number of likely N-dealkylation sites (tertiary alicyclic amines) is 1. The normalized spacial score (nSPS) is 25.8. The summed E-state index contributed by atoms with van der Waals surface area (Å²) in [5.41, 5.74) is 0. The Labute approximate surface area is 92.3 Å². The average molecular weight is 266 g/mol. The van der Waals surface area contributed by atoms with E-state index in [9.17, 15) is 9.90 Å². The number of aliphatic hydroxyl groups excluding tert-OH is 1. The lowest BCUT2D eigenvalue weighted by Crippen LogP contribution is -2.42. The second-order valence-corrected chi connectivity index (χ2v) is 4.65. The van der Waals surface area contributed by atoms with Crippen LogP contribution in [0.15, 0.2) is 0 Å². The quantitative estimate of drug-likeness (QED) is 0.592. The van der Waals surface area contributed by atoms with Crippen molar-refractivity contribution in [2.24, 2.45) is 0 Å². The van der Waals surface area contributed by atoms with E-state index in [2.05, 4.69) is 25.6 Å². The molecule has 0 aromatic carbocycles. The van der Waals surface area contributed by atoms with Crippen LogP contribution in [0.5, 0.6) is 0 Å². The minimum atomic E-state index is -0.294. The highest BCUT2D eigenvalue weighted by Gasteiger charge is 2.23. The first-order chi connectivity index (χ1) is 6.63. The molecule has 0 aromatic rings. The lowest BCUT2D eigenvalue weighted by molar-refractivity contribution is -0.140. The van der Waals surface area contributed by atoms with Gasteiger partial charge in [-0.15, -0.1) is 0 Å². The second-order valence-electron chi connectivity index (χ2n) is 3.55. The van der Waals surface area contributed by atoms with E-state index in [-0.39, 0.29) is 16.9 Å². The third-order valence-electron chi connectivity index (χ3n) is 2.36. The van der Waals surface area contributed by atoms with Gasteiger partial charge in [-0.1, -0.05) is 15.9 Å². The Morgan fingerprint density at radius 2 is 2.50 bits per heavy atom. The molecule has 0 saturated carbocycles. The minimum Gasteiger partial charge on any atom is -0.468 e. The molecule has 82 valence electrons. The minimum absolute atomic E-state index is 0.249. The van der Waals surface area contributed by atoms with Crippen LogP contribution in [0.3, 0.4) is 0 Å². The maximum absolute atomic E-state index is 11.1. The molecule has 4 nitrogen and oxygen atoms in total. The van der Waals surface area contributed by atoms with Crippen molar-refractivity contribution in [3.63, 3.8) is 0 Å². The molecular formula is C9H16BrNO3. The lowest BCUT2D eigenvalue weighted by atomic mass is 10.1. The number of nitrogens with zero attached hydrogens (tertiary/aromatic N) is 1. The SMILES string of the molecule is COC(=O)C(Br)CN1CCCC(O)C1. The first kappa shape index (κ1) is 11.9. The topological polar surface area (TPSA) is 49.8 Å². The van der Waals surface area contributed by atoms with E-state index in [0.29, 0.717) is 13.1 Å². The zero-order valence-corrected chi connectivity index (χ0v) is 9.87. The van der Waals surface area contributed by atoms with Gasteiger partial charge in [0.2, 0.25) is 0 Å². The van der Waals surface area contributed by atoms with Crippen LogP contribution in [0.25, 0.3) is 0 Å². The molecule has 5 heteroatoms. The van der Waals surface area contributed by atoms with E-state index >= 15 is 0 Å². The van der Waals surface area contributed by atoms with Gasteiger partial charge in [-0.25, -0.2) is 0 Å². The van der Waals surface area contributed by atoms with Crippen LogP contribution in [0.2, 0.25) is 0 Å². The van der Waals surface area contributed by atoms with Crippen LogP contribution < -0.4 is 0 Å². The predicted octanol–water partition coefficient (Wildman–Crippen LogP) is 0.380. The number of hydrogen-bond donors (Lipinski definition) is 1. The van der Waals surface area contributed by atoms with E-state index in [0.717, 1.165) is 19.4 Å². The van der Waals surface area contributed by atoms with Gasteiger partial charge in [0.05, 0.1) is 13.2 Å². The number of aliphatic hydroxyl groups is 1. The van der Waals surface area contributed by atoms with Crippen LogP contribution in [0, 0.1) is 0 Å². The Balaban J connectivity index is 2.32. The highest BCUT2D eigenvalue weighted by atomic mass is 79.9. The maximum atomic E-state index is 11.1. The van der Waals surface area contributed by atoms with E-state index in [4.69, 9.17) is 0 Å². The summed E-state index contributed by atoms with van der Waals surface area (Å²) in [6.45, 7) is 2.19. The highest BCUT2D eigenvalue weighted by molar-refractivity contribution is 9.10. The maximum Gasteiger partial charge on any atom is 0.320 e. The van der Waals surface area contributed by atoms with E-state index in [1.54, 1.807) is 0 Å². The molecule has 1 N–H and O–H groups in total.